The van der Waals surface area contributed by atoms with Crippen LogP contribution in [0.2, 0.25) is 0 Å². The summed E-state index contributed by atoms with van der Waals surface area (Å²) in [5, 5.41) is 0. The number of ether oxygens (including phenoxy) is 1. The maximum absolute atomic E-state index is 11.6. The van der Waals surface area contributed by atoms with Crippen molar-refractivity contribution >= 4 is 31.2 Å². The fraction of sp³-hybridized carbons (Fsp3) is 0.500. The summed E-state index contributed by atoms with van der Waals surface area (Å²) in [6.45, 7) is 7.94. The van der Waals surface area contributed by atoms with Crippen LogP contribution in [-0.2, 0) is 14.0 Å². The van der Waals surface area contributed by atoms with Gasteiger partial charge in [0.15, 0.2) is 0 Å². The number of benzene rings is 1. The Morgan fingerprint density at radius 2 is 1.70 bits per heavy atom. The van der Waals surface area contributed by atoms with E-state index in [0.29, 0.717) is 10.5 Å². The van der Waals surface area contributed by atoms with E-state index < -0.39 is 24.3 Å². The zero-order valence-corrected chi connectivity index (χ0v) is 13.3. The molecule has 0 N–H and O–H groups in total. The molecule has 0 radical (unpaired) electrons. The zero-order valence-electron chi connectivity index (χ0n) is 12.4. The number of esters is 1. The molecular formula is C14H19BO4S. The molecule has 0 bridgehead atoms. The Balaban J connectivity index is 2.35. The average Bonchev–Trinajstić information content (AvgIpc) is 2.57. The Bertz CT molecular complexity index is 526. The second-order valence-electron chi connectivity index (χ2n) is 5.89. The van der Waals surface area contributed by atoms with Crippen molar-refractivity contribution in [3.63, 3.8) is 0 Å². The minimum atomic E-state index is -0.518. The van der Waals surface area contributed by atoms with Gasteiger partial charge in [-0.2, -0.15) is 0 Å². The Labute approximate surface area is 125 Å². The first kappa shape index (κ1) is 15.4. The van der Waals surface area contributed by atoms with Crippen LogP contribution in [0.25, 0.3) is 0 Å². The molecule has 108 valence electrons. The quantitative estimate of drug-likeness (QED) is 0.515. The monoisotopic (exact) mass is 294 g/mol. The summed E-state index contributed by atoms with van der Waals surface area (Å²) in [6, 6.07) is 5.20. The normalized spacial score (nSPS) is 20.0. The lowest BCUT2D eigenvalue weighted by Crippen LogP contribution is -2.41. The van der Waals surface area contributed by atoms with Gasteiger partial charge in [0.05, 0.1) is 23.9 Å². The summed E-state index contributed by atoms with van der Waals surface area (Å²) in [5.41, 5.74) is 0.354. The van der Waals surface area contributed by atoms with Crippen LogP contribution in [0.1, 0.15) is 38.1 Å². The third-order valence-corrected chi connectivity index (χ3v) is 4.14. The Kier molecular flexibility index (Phi) is 3.93. The van der Waals surface area contributed by atoms with Crippen molar-refractivity contribution in [2.45, 2.75) is 43.8 Å². The predicted octanol–water partition coefficient (Wildman–Crippen LogP) is 2.06. The van der Waals surface area contributed by atoms with E-state index in [2.05, 4.69) is 12.6 Å². The average molecular weight is 294 g/mol. The molecule has 1 aromatic carbocycles. The number of rotatable bonds is 2. The minimum absolute atomic E-state index is 0.404. The highest BCUT2D eigenvalue weighted by Gasteiger charge is 2.51. The van der Waals surface area contributed by atoms with Crippen molar-refractivity contribution in [2.24, 2.45) is 0 Å². The molecule has 1 aliphatic heterocycles. The van der Waals surface area contributed by atoms with E-state index >= 15 is 0 Å². The van der Waals surface area contributed by atoms with Crippen molar-refractivity contribution in [3.05, 3.63) is 23.8 Å². The molecule has 0 spiro atoms. The highest BCUT2D eigenvalue weighted by molar-refractivity contribution is 7.80. The molecule has 0 saturated carbocycles. The summed E-state index contributed by atoms with van der Waals surface area (Å²) in [5.74, 6) is -0.404. The van der Waals surface area contributed by atoms with Crippen LogP contribution < -0.4 is 5.46 Å². The fourth-order valence-corrected chi connectivity index (χ4v) is 2.27. The van der Waals surface area contributed by atoms with E-state index in [4.69, 9.17) is 14.0 Å². The van der Waals surface area contributed by atoms with Gasteiger partial charge in [-0.25, -0.2) is 4.79 Å². The van der Waals surface area contributed by atoms with Gasteiger partial charge < -0.3 is 14.0 Å². The molecule has 0 aliphatic carbocycles. The molecule has 0 unspecified atom stereocenters. The van der Waals surface area contributed by atoms with Crippen LogP contribution in [0.5, 0.6) is 0 Å². The van der Waals surface area contributed by atoms with Gasteiger partial charge in [0.25, 0.3) is 0 Å². The number of hydrogen-bond acceptors (Lipinski definition) is 5. The van der Waals surface area contributed by atoms with Gasteiger partial charge in [-0.1, -0.05) is 0 Å². The first-order valence-corrected chi connectivity index (χ1v) is 6.89. The van der Waals surface area contributed by atoms with Gasteiger partial charge in [0, 0.05) is 4.90 Å². The van der Waals surface area contributed by atoms with Gasteiger partial charge in [0.2, 0.25) is 0 Å². The first-order chi connectivity index (χ1) is 9.16. The van der Waals surface area contributed by atoms with Crippen molar-refractivity contribution in [1.29, 1.82) is 0 Å². The Morgan fingerprint density at radius 1 is 1.15 bits per heavy atom. The van der Waals surface area contributed by atoms with Gasteiger partial charge in [-0.05, 0) is 51.4 Å². The number of hydrogen-bond donors (Lipinski definition) is 1. The maximum atomic E-state index is 11.6. The van der Waals surface area contributed by atoms with Gasteiger partial charge in [0.1, 0.15) is 0 Å². The third-order valence-electron chi connectivity index (χ3n) is 3.89. The van der Waals surface area contributed by atoms with E-state index in [1.807, 2.05) is 33.8 Å². The van der Waals surface area contributed by atoms with Gasteiger partial charge in [-0.3, -0.25) is 0 Å². The predicted molar refractivity (Wildman–Crippen MR) is 80.7 cm³/mol. The second-order valence-corrected chi connectivity index (χ2v) is 6.41. The van der Waals surface area contributed by atoms with Crippen molar-refractivity contribution in [2.75, 3.05) is 7.11 Å². The highest BCUT2D eigenvalue weighted by atomic mass is 32.1. The topological polar surface area (TPSA) is 44.8 Å². The summed E-state index contributed by atoms with van der Waals surface area (Å²) < 4.78 is 16.7. The lowest BCUT2D eigenvalue weighted by atomic mass is 9.78. The summed E-state index contributed by atoms with van der Waals surface area (Å²) in [4.78, 5) is 12.3. The summed E-state index contributed by atoms with van der Waals surface area (Å²) >= 11 is 4.32. The second kappa shape index (κ2) is 5.09. The molecule has 1 fully saturated rings. The lowest BCUT2D eigenvalue weighted by molar-refractivity contribution is 0.00578. The van der Waals surface area contributed by atoms with Crippen LogP contribution in [0.15, 0.2) is 23.1 Å². The molecule has 1 heterocycles. The first-order valence-electron chi connectivity index (χ1n) is 6.44. The largest absolute Gasteiger partial charge is 0.494 e. The molecule has 1 aliphatic rings. The van der Waals surface area contributed by atoms with Crippen LogP contribution in [0, 0.1) is 0 Å². The van der Waals surface area contributed by atoms with Crippen LogP contribution in [0.4, 0.5) is 0 Å². The van der Waals surface area contributed by atoms with Gasteiger partial charge >= 0.3 is 13.1 Å². The number of thiol groups is 1. The standard InChI is InChI=1S/C14H19BO4S/c1-13(2)14(3,4)19-15(18-13)10-6-9(12(16)17-5)7-11(20)8-10/h6-8,20H,1-5H3. The molecule has 0 aromatic heterocycles. The van der Waals surface area contributed by atoms with Crippen molar-refractivity contribution in [1.82, 2.24) is 0 Å². The van der Waals surface area contributed by atoms with Crippen LogP contribution in [-0.4, -0.2) is 31.4 Å². The van der Waals surface area contributed by atoms with Crippen molar-refractivity contribution in [3.8, 4) is 0 Å². The Hall–Kier alpha value is -0.975. The van der Waals surface area contributed by atoms with Crippen LogP contribution in [0.3, 0.4) is 0 Å². The van der Waals surface area contributed by atoms with E-state index in [1.54, 1.807) is 12.1 Å². The zero-order chi connectivity index (χ0) is 15.1. The van der Waals surface area contributed by atoms with E-state index in [9.17, 15) is 4.79 Å². The molecule has 2 rings (SSSR count). The van der Waals surface area contributed by atoms with E-state index in [-0.39, 0.29) is 0 Å². The molecule has 6 heteroatoms. The molecular weight excluding hydrogens is 275 g/mol. The maximum Gasteiger partial charge on any atom is 0.494 e. The SMILES string of the molecule is COC(=O)c1cc(S)cc(B2OC(C)(C)C(C)(C)O2)c1. The molecule has 4 nitrogen and oxygen atoms in total. The summed E-state index contributed by atoms with van der Waals surface area (Å²) in [6.07, 6.45) is 0. The number of carbonyl (C=O) groups is 1. The number of carbonyl (C=O) groups excluding carboxylic acids is 1. The smallest absolute Gasteiger partial charge is 0.465 e. The fourth-order valence-electron chi connectivity index (χ4n) is 1.99. The summed E-state index contributed by atoms with van der Waals surface area (Å²) in [7, 11) is 0.831. The van der Waals surface area contributed by atoms with Crippen LogP contribution >= 0.6 is 12.6 Å². The lowest BCUT2D eigenvalue weighted by Gasteiger charge is -2.32. The molecule has 20 heavy (non-hydrogen) atoms. The van der Waals surface area contributed by atoms with E-state index in [0.717, 1.165) is 5.46 Å². The third kappa shape index (κ3) is 2.73. The molecule has 1 saturated heterocycles. The van der Waals surface area contributed by atoms with E-state index in [1.165, 1.54) is 7.11 Å². The molecule has 0 amide bonds. The number of methoxy groups -OCH3 is 1. The minimum Gasteiger partial charge on any atom is -0.465 e. The molecule has 0 atom stereocenters. The molecule has 1 aromatic rings. The highest BCUT2D eigenvalue weighted by Crippen LogP contribution is 2.36. The van der Waals surface area contributed by atoms with Gasteiger partial charge in [-0.15, -0.1) is 12.6 Å². The Morgan fingerprint density at radius 3 is 2.20 bits per heavy atom. The van der Waals surface area contributed by atoms with Crippen molar-refractivity contribution < 1.29 is 18.8 Å².